The average Bonchev–Trinajstić information content (AvgIpc) is 2.93. The van der Waals surface area contributed by atoms with Gasteiger partial charge in [0.25, 0.3) is 0 Å². The Morgan fingerprint density at radius 3 is 2.36 bits per heavy atom. The van der Waals surface area contributed by atoms with Crippen molar-refractivity contribution in [2.24, 2.45) is 0 Å². The molecule has 1 aromatic carbocycles. The minimum atomic E-state index is -1.82. The third kappa shape index (κ3) is 8.08. The predicted molar refractivity (Wildman–Crippen MR) is 106 cm³/mol. The van der Waals surface area contributed by atoms with Gasteiger partial charge in [-0.15, -0.1) is 0 Å². The van der Waals surface area contributed by atoms with E-state index in [0.717, 1.165) is 43.1 Å². The molecule has 8 nitrogen and oxygen atoms in total. The maximum absolute atomic E-state index is 9.10. The number of hydrogen-bond acceptors (Lipinski definition) is 5. The van der Waals surface area contributed by atoms with Gasteiger partial charge in [-0.25, -0.2) is 14.3 Å². The Hall–Kier alpha value is -2.42. The van der Waals surface area contributed by atoms with E-state index >= 15 is 0 Å². The van der Waals surface area contributed by atoms with Gasteiger partial charge < -0.3 is 20.3 Å². The molecule has 0 atom stereocenters. The van der Waals surface area contributed by atoms with Crippen molar-refractivity contribution in [2.75, 3.05) is 13.2 Å². The number of benzene rings is 1. The van der Waals surface area contributed by atoms with Gasteiger partial charge >= 0.3 is 11.9 Å². The zero-order chi connectivity index (χ0) is 21.1. The molecule has 0 aliphatic rings. The smallest absolute Gasteiger partial charge is 0.414 e. The summed E-state index contributed by atoms with van der Waals surface area (Å²) in [4.78, 5) is 18.2. The van der Waals surface area contributed by atoms with Crippen LogP contribution in [0, 0.1) is 6.92 Å². The van der Waals surface area contributed by atoms with Crippen molar-refractivity contribution in [3.8, 4) is 5.69 Å². The Labute approximate surface area is 169 Å². The highest BCUT2D eigenvalue weighted by Crippen LogP contribution is 2.23. The molecule has 0 aliphatic carbocycles. The highest BCUT2D eigenvalue weighted by molar-refractivity contribution is 6.30. The molecule has 0 unspecified atom stereocenters. The minimum absolute atomic E-state index is 0.292. The second kappa shape index (κ2) is 12.1. The quantitative estimate of drug-likeness (QED) is 0.452. The number of carboxylic acids is 2. The van der Waals surface area contributed by atoms with Gasteiger partial charge in [0, 0.05) is 18.7 Å². The number of nitrogens with one attached hydrogen (secondary N) is 1. The lowest BCUT2D eigenvalue weighted by Gasteiger charge is -2.08. The Morgan fingerprint density at radius 2 is 1.82 bits per heavy atom. The van der Waals surface area contributed by atoms with Gasteiger partial charge in [-0.2, -0.15) is 5.10 Å². The number of hydrogen-bond donors (Lipinski definition) is 3. The van der Waals surface area contributed by atoms with Crippen LogP contribution in [0.25, 0.3) is 5.69 Å². The number of ether oxygens (including phenoxy) is 1. The maximum Gasteiger partial charge on any atom is 0.414 e. The van der Waals surface area contributed by atoms with E-state index in [1.54, 1.807) is 4.68 Å². The molecule has 0 spiro atoms. The second-order valence-corrected chi connectivity index (χ2v) is 6.52. The van der Waals surface area contributed by atoms with Crippen molar-refractivity contribution in [2.45, 2.75) is 39.8 Å². The second-order valence-electron chi connectivity index (χ2n) is 6.16. The highest BCUT2D eigenvalue weighted by atomic mass is 35.5. The maximum atomic E-state index is 9.10. The summed E-state index contributed by atoms with van der Waals surface area (Å²) in [6.45, 7) is 8.49. The lowest BCUT2D eigenvalue weighted by atomic mass is 10.2. The largest absolute Gasteiger partial charge is 0.473 e. The first-order valence-corrected chi connectivity index (χ1v) is 9.19. The molecule has 0 fully saturated rings. The van der Waals surface area contributed by atoms with Crippen molar-refractivity contribution in [1.82, 2.24) is 15.1 Å². The summed E-state index contributed by atoms with van der Waals surface area (Å²) in [5.74, 6) is -3.65. The van der Waals surface area contributed by atoms with Crippen molar-refractivity contribution in [1.29, 1.82) is 0 Å². The number of aliphatic carboxylic acids is 2. The number of carbonyl (C=O) groups is 2. The molecule has 9 heteroatoms. The summed E-state index contributed by atoms with van der Waals surface area (Å²) >= 11 is 6.48. The summed E-state index contributed by atoms with van der Waals surface area (Å²) in [6.07, 6.45) is 1.28. The van der Waals surface area contributed by atoms with Crippen LogP contribution < -0.4 is 5.32 Å². The zero-order valence-corrected chi connectivity index (χ0v) is 16.9. The number of nitrogens with zero attached hydrogens (tertiary/aromatic N) is 2. The monoisotopic (exact) mass is 411 g/mol. The first-order valence-electron chi connectivity index (χ1n) is 8.82. The molecular weight excluding hydrogens is 386 g/mol. The minimum Gasteiger partial charge on any atom is -0.473 e. The first-order chi connectivity index (χ1) is 13.2. The van der Waals surface area contributed by atoms with E-state index < -0.39 is 11.9 Å². The predicted octanol–water partition coefficient (Wildman–Crippen LogP) is 2.89. The van der Waals surface area contributed by atoms with Gasteiger partial charge in [0.2, 0.25) is 0 Å². The molecule has 2 rings (SSSR count). The van der Waals surface area contributed by atoms with Crippen molar-refractivity contribution < 1.29 is 24.5 Å². The number of para-hydroxylation sites is 1. The van der Waals surface area contributed by atoms with Crippen LogP contribution in [0.2, 0.25) is 5.15 Å². The van der Waals surface area contributed by atoms with E-state index in [2.05, 4.69) is 24.3 Å². The standard InChI is InChI=1S/C17H24ClN3O.C2H2O4/c1-13(2)22-11-7-10-19-12-16-14(3)20-21(17(16)18)15-8-5-4-6-9-15;3-1(4)2(5)6/h4-6,8-9,13,19H,7,10-12H2,1-3H3;(H,3,4)(H,5,6). The van der Waals surface area contributed by atoms with E-state index in [9.17, 15) is 0 Å². The van der Waals surface area contributed by atoms with Crippen LogP contribution in [0.3, 0.4) is 0 Å². The summed E-state index contributed by atoms with van der Waals surface area (Å²) in [7, 11) is 0. The first kappa shape index (κ1) is 23.6. The molecule has 0 saturated heterocycles. The zero-order valence-electron chi connectivity index (χ0n) is 16.2. The van der Waals surface area contributed by atoms with E-state index in [1.165, 1.54) is 0 Å². The third-order valence-corrected chi connectivity index (χ3v) is 3.94. The number of carboxylic acid groups (broad SMARTS) is 2. The van der Waals surface area contributed by atoms with Crippen LogP contribution in [-0.2, 0) is 20.9 Å². The summed E-state index contributed by atoms with van der Waals surface area (Å²) in [5.41, 5.74) is 2.99. The highest BCUT2D eigenvalue weighted by Gasteiger charge is 2.13. The van der Waals surface area contributed by atoms with Crippen molar-refractivity contribution in [3.05, 3.63) is 46.7 Å². The Balaban J connectivity index is 0.000000568. The topological polar surface area (TPSA) is 114 Å². The number of halogens is 1. The Morgan fingerprint density at radius 1 is 1.21 bits per heavy atom. The Kier molecular flexibility index (Phi) is 10.2. The van der Waals surface area contributed by atoms with Gasteiger partial charge in [-0.05, 0) is 45.9 Å². The lowest BCUT2D eigenvalue weighted by Crippen LogP contribution is -2.17. The van der Waals surface area contributed by atoms with E-state index in [1.807, 2.05) is 37.3 Å². The summed E-state index contributed by atoms with van der Waals surface area (Å²) < 4.78 is 7.31. The van der Waals surface area contributed by atoms with Gasteiger partial charge in [0.1, 0.15) is 5.15 Å². The van der Waals surface area contributed by atoms with Crippen LogP contribution in [0.4, 0.5) is 0 Å². The van der Waals surface area contributed by atoms with Crippen LogP contribution in [0.1, 0.15) is 31.5 Å². The van der Waals surface area contributed by atoms with Gasteiger partial charge in [0.05, 0.1) is 17.5 Å². The van der Waals surface area contributed by atoms with Gasteiger partial charge in [-0.1, -0.05) is 29.8 Å². The van der Waals surface area contributed by atoms with E-state index in [0.29, 0.717) is 11.3 Å². The molecule has 1 heterocycles. The van der Waals surface area contributed by atoms with Crippen LogP contribution in [0.15, 0.2) is 30.3 Å². The molecule has 0 aliphatic heterocycles. The average molecular weight is 412 g/mol. The van der Waals surface area contributed by atoms with E-state index in [4.69, 9.17) is 36.1 Å². The Bertz CT molecular complexity index is 750. The molecule has 28 heavy (non-hydrogen) atoms. The summed E-state index contributed by atoms with van der Waals surface area (Å²) in [6, 6.07) is 9.94. The molecule has 1 aromatic heterocycles. The number of aryl methyl sites for hydroxylation is 1. The van der Waals surface area contributed by atoms with Crippen LogP contribution in [0.5, 0.6) is 0 Å². The molecule has 0 bridgehead atoms. The molecule has 0 saturated carbocycles. The fourth-order valence-electron chi connectivity index (χ4n) is 2.20. The lowest BCUT2D eigenvalue weighted by molar-refractivity contribution is -0.159. The van der Waals surface area contributed by atoms with Crippen LogP contribution >= 0.6 is 11.6 Å². The van der Waals surface area contributed by atoms with Crippen molar-refractivity contribution in [3.63, 3.8) is 0 Å². The number of aromatic nitrogens is 2. The molecule has 3 N–H and O–H groups in total. The van der Waals surface area contributed by atoms with Gasteiger partial charge in [-0.3, -0.25) is 0 Å². The fourth-order valence-corrected chi connectivity index (χ4v) is 2.54. The SMILES string of the molecule is Cc1nn(-c2ccccc2)c(Cl)c1CNCCCOC(C)C.O=C(O)C(=O)O. The van der Waals surface area contributed by atoms with Crippen LogP contribution in [-0.4, -0.2) is 51.2 Å². The molecule has 0 radical (unpaired) electrons. The summed E-state index contributed by atoms with van der Waals surface area (Å²) in [5, 5.41) is 23.4. The molecule has 0 amide bonds. The molecule has 2 aromatic rings. The molecular formula is C19H26ClN3O5. The van der Waals surface area contributed by atoms with Crippen molar-refractivity contribution >= 4 is 23.5 Å². The number of rotatable bonds is 8. The van der Waals surface area contributed by atoms with E-state index in [-0.39, 0.29) is 0 Å². The van der Waals surface area contributed by atoms with Gasteiger partial charge in [0.15, 0.2) is 0 Å². The third-order valence-electron chi connectivity index (χ3n) is 3.56. The normalized spacial score (nSPS) is 10.5. The molecule has 154 valence electrons. The fraction of sp³-hybridized carbons (Fsp3) is 0.421.